The molecule has 0 aliphatic heterocycles. The Morgan fingerprint density at radius 2 is 1.80 bits per heavy atom. The fraction of sp³-hybridized carbons (Fsp3) is 0.368. The van der Waals surface area contributed by atoms with Crippen molar-refractivity contribution >= 4 is 21.6 Å². The first-order chi connectivity index (χ1) is 11.8. The van der Waals surface area contributed by atoms with Crippen LogP contribution in [0.5, 0.6) is 5.75 Å². The number of halogens is 1. The molecule has 0 unspecified atom stereocenters. The molecule has 2 rings (SSSR count). The molecule has 1 atom stereocenters. The van der Waals surface area contributed by atoms with Gasteiger partial charge in [0.15, 0.2) is 0 Å². The van der Waals surface area contributed by atoms with Crippen LogP contribution in [-0.4, -0.2) is 15.5 Å². The van der Waals surface area contributed by atoms with Gasteiger partial charge in [-0.3, -0.25) is 0 Å². The van der Waals surface area contributed by atoms with Gasteiger partial charge in [-0.05, 0) is 47.7 Å². The maximum absolute atomic E-state index is 12.6. The number of hydrogen-bond donors (Lipinski definition) is 1. The second kappa shape index (κ2) is 8.70. The predicted molar refractivity (Wildman–Crippen MR) is 102 cm³/mol. The van der Waals surface area contributed by atoms with E-state index in [9.17, 15) is 8.42 Å². The SMILES string of the molecule is COc1ccc([C@H](CC(C)C)NS(=O)(=O)Cc2cccc(Cl)c2)cc1. The van der Waals surface area contributed by atoms with Crippen molar-refractivity contribution in [2.45, 2.75) is 32.1 Å². The van der Waals surface area contributed by atoms with Crippen molar-refractivity contribution in [2.24, 2.45) is 5.92 Å². The van der Waals surface area contributed by atoms with Crippen molar-refractivity contribution in [1.82, 2.24) is 4.72 Å². The molecule has 25 heavy (non-hydrogen) atoms. The standard InChI is InChI=1S/C19H24ClNO3S/c1-14(2)11-19(16-7-9-18(24-3)10-8-16)21-25(22,23)13-15-5-4-6-17(20)12-15/h4-10,12,14,19,21H,11,13H2,1-3H3/t19-/m0/s1. The summed E-state index contributed by atoms with van der Waals surface area (Å²) in [5.74, 6) is 0.994. The van der Waals surface area contributed by atoms with Gasteiger partial charge in [-0.15, -0.1) is 0 Å². The highest BCUT2D eigenvalue weighted by molar-refractivity contribution is 7.88. The first-order valence-electron chi connectivity index (χ1n) is 8.17. The van der Waals surface area contributed by atoms with Crippen molar-refractivity contribution in [1.29, 1.82) is 0 Å². The zero-order valence-corrected chi connectivity index (χ0v) is 16.3. The van der Waals surface area contributed by atoms with E-state index in [1.165, 1.54) is 0 Å². The van der Waals surface area contributed by atoms with Gasteiger partial charge in [0.1, 0.15) is 5.75 Å². The number of benzene rings is 2. The van der Waals surface area contributed by atoms with Gasteiger partial charge in [-0.2, -0.15) is 0 Å². The molecule has 136 valence electrons. The molecule has 2 aromatic rings. The van der Waals surface area contributed by atoms with E-state index >= 15 is 0 Å². The second-order valence-corrected chi connectivity index (χ2v) is 8.65. The van der Waals surface area contributed by atoms with Crippen molar-refractivity contribution in [3.8, 4) is 5.75 Å². The van der Waals surface area contributed by atoms with Gasteiger partial charge in [0.25, 0.3) is 0 Å². The fourth-order valence-corrected chi connectivity index (χ4v) is 4.24. The van der Waals surface area contributed by atoms with Crippen molar-refractivity contribution in [3.05, 3.63) is 64.7 Å². The van der Waals surface area contributed by atoms with Gasteiger partial charge in [0.2, 0.25) is 10.0 Å². The lowest BCUT2D eigenvalue weighted by molar-refractivity contribution is 0.414. The van der Waals surface area contributed by atoms with Crippen LogP contribution < -0.4 is 9.46 Å². The Bertz CT molecular complexity index is 789. The molecule has 0 aliphatic rings. The first-order valence-corrected chi connectivity index (χ1v) is 10.2. The lowest BCUT2D eigenvalue weighted by atomic mass is 9.98. The number of rotatable bonds is 8. The van der Waals surface area contributed by atoms with E-state index in [1.54, 1.807) is 31.4 Å². The summed E-state index contributed by atoms with van der Waals surface area (Å²) in [5, 5.41) is 0.529. The Balaban J connectivity index is 2.19. The summed E-state index contributed by atoms with van der Waals surface area (Å²) >= 11 is 5.95. The molecule has 0 heterocycles. The third kappa shape index (κ3) is 6.34. The van der Waals surface area contributed by atoms with Crippen LogP contribution in [-0.2, 0) is 15.8 Å². The highest BCUT2D eigenvalue weighted by atomic mass is 35.5. The van der Waals surface area contributed by atoms with E-state index in [1.807, 2.05) is 24.3 Å². The van der Waals surface area contributed by atoms with Gasteiger partial charge in [-0.25, -0.2) is 13.1 Å². The predicted octanol–water partition coefficient (Wildman–Crippen LogP) is 4.56. The summed E-state index contributed by atoms with van der Waals surface area (Å²) in [6.07, 6.45) is 0.709. The summed E-state index contributed by atoms with van der Waals surface area (Å²) in [7, 11) is -1.89. The molecule has 0 aliphatic carbocycles. The lowest BCUT2D eigenvalue weighted by Gasteiger charge is -2.21. The number of methoxy groups -OCH3 is 1. The molecule has 0 spiro atoms. The van der Waals surface area contributed by atoms with Gasteiger partial charge < -0.3 is 4.74 Å². The summed E-state index contributed by atoms with van der Waals surface area (Å²) < 4.78 is 33.2. The molecule has 0 fully saturated rings. The highest BCUT2D eigenvalue weighted by Gasteiger charge is 2.21. The molecular formula is C19H24ClNO3S. The molecule has 0 amide bonds. The molecule has 1 N–H and O–H groups in total. The van der Waals surface area contributed by atoms with Gasteiger partial charge >= 0.3 is 0 Å². The topological polar surface area (TPSA) is 55.4 Å². The van der Waals surface area contributed by atoms with Gasteiger partial charge in [-0.1, -0.05) is 49.7 Å². The van der Waals surface area contributed by atoms with Crippen molar-refractivity contribution in [3.63, 3.8) is 0 Å². The number of ether oxygens (including phenoxy) is 1. The minimum Gasteiger partial charge on any atom is -0.497 e. The molecule has 2 aromatic carbocycles. The molecule has 6 heteroatoms. The van der Waals surface area contributed by atoms with Crippen LogP contribution in [0.4, 0.5) is 0 Å². The van der Waals surface area contributed by atoms with Gasteiger partial charge in [0.05, 0.1) is 12.9 Å². The van der Waals surface area contributed by atoms with Crippen LogP contribution in [0.1, 0.15) is 37.4 Å². The lowest BCUT2D eigenvalue weighted by Crippen LogP contribution is -2.30. The average molecular weight is 382 g/mol. The summed E-state index contributed by atoms with van der Waals surface area (Å²) in [6, 6.07) is 14.1. The van der Waals surface area contributed by atoms with E-state index in [0.717, 1.165) is 11.3 Å². The Kier molecular flexibility index (Phi) is 6.87. The molecular weight excluding hydrogens is 358 g/mol. The maximum atomic E-state index is 12.6. The molecule has 0 bridgehead atoms. The van der Waals surface area contributed by atoms with Crippen LogP contribution in [0.25, 0.3) is 0 Å². The number of sulfonamides is 1. The summed E-state index contributed by atoms with van der Waals surface area (Å²) in [4.78, 5) is 0. The zero-order valence-electron chi connectivity index (χ0n) is 14.7. The average Bonchev–Trinajstić information content (AvgIpc) is 2.53. The third-order valence-electron chi connectivity index (χ3n) is 3.79. The largest absolute Gasteiger partial charge is 0.497 e. The Labute approximate surface area is 155 Å². The zero-order chi connectivity index (χ0) is 18.4. The van der Waals surface area contributed by atoms with Crippen LogP contribution in [0.2, 0.25) is 5.02 Å². The normalized spacial score (nSPS) is 13.0. The van der Waals surface area contributed by atoms with E-state index in [-0.39, 0.29) is 11.8 Å². The van der Waals surface area contributed by atoms with Crippen LogP contribution in [0.15, 0.2) is 48.5 Å². The molecule has 4 nitrogen and oxygen atoms in total. The Hall–Kier alpha value is -1.56. The second-order valence-electron chi connectivity index (χ2n) is 6.46. The summed E-state index contributed by atoms with van der Waals surface area (Å²) in [5.41, 5.74) is 1.59. The maximum Gasteiger partial charge on any atom is 0.216 e. The van der Waals surface area contributed by atoms with Crippen molar-refractivity contribution < 1.29 is 13.2 Å². The molecule has 0 aromatic heterocycles. The van der Waals surface area contributed by atoms with E-state index in [4.69, 9.17) is 16.3 Å². The Morgan fingerprint density at radius 1 is 1.12 bits per heavy atom. The van der Waals surface area contributed by atoms with Crippen LogP contribution in [0, 0.1) is 5.92 Å². The Morgan fingerprint density at radius 3 is 2.36 bits per heavy atom. The van der Waals surface area contributed by atoms with E-state index < -0.39 is 10.0 Å². The van der Waals surface area contributed by atoms with Gasteiger partial charge in [0, 0.05) is 11.1 Å². The number of nitrogens with one attached hydrogen (secondary N) is 1. The van der Waals surface area contributed by atoms with E-state index in [2.05, 4.69) is 18.6 Å². The molecule has 0 saturated heterocycles. The summed E-state index contributed by atoms with van der Waals surface area (Å²) in [6.45, 7) is 4.14. The minimum absolute atomic E-state index is 0.0989. The van der Waals surface area contributed by atoms with Crippen LogP contribution >= 0.6 is 11.6 Å². The van der Waals surface area contributed by atoms with Crippen LogP contribution in [0.3, 0.4) is 0 Å². The van der Waals surface area contributed by atoms with Crippen molar-refractivity contribution in [2.75, 3.05) is 7.11 Å². The highest BCUT2D eigenvalue weighted by Crippen LogP contribution is 2.25. The fourth-order valence-electron chi connectivity index (χ4n) is 2.66. The van der Waals surface area contributed by atoms with E-state index in [0.29, 0.717) is 22.9 Å². The first kappa shape index (κ1) is 19.8. The monoisotopic (exact) mass is 381 g/mol. The third-order valence-corrected chi connectivity index (χ3v) is 5.38. The molecule has 0 radical (unpaired) electrons. The number of hydrogen-bond acceptors (Lipinski definition) is 3. The minimum atomic E-state index is -3.50. The molecule has 0 saturated carbocycles. The smallest absolute Gasteiger partial charge is 0.216 e. The quantitative estimate of drug-likeness (QED) is 0.729.